The highest BCUT2D eigenvalue weighted by Crippen LogP contribution is 2.66. The average Bonchev–Trinajstić information content (AvgIpc) is 2.59. The van der Waals surface area contributed by atoms with Crippen LogP contribution in [0.4, 0.5) is 5.82 Å². The normalized spacial score (nSPS) is 19.9. The number of aromatic nitrogens is 2. The second-order valence-electron chi connectivity index (χ2n) is 5.43. The number of rotatable bonds is 11. The van der Waals surface area contributed by atoms with Crippen LogP contribution in [0, 0.1) is 11.3 Å². The van der Waals surface area contributed by atoms with E-state index in [0.29, 0.717) is 4.57 Å². The zero-order valence-corrected chi connectivity index (χ0v) is 18.6. The van der Waals surface area contributed by atoms with E-state index in [1.54, 1.807) is 0 Å². The highest BCUT2D eigenvalue weighted by atomic mass is 35.5. The molecule has 1 heterocycles. The van der Waals surface area contributed by atoms with E-state index in [4.69, 9.17) is 36.8 Å². The molecule has 0 radical (unpaired) electrons. The molecule has 176 valence electrons. The van der Waals surface area contributed by atoms with Crippen molar-refractivity contribution in [2.45, 2.75) is 17.2 Å². The maximum absolute atomic E-state index is 11.9. The lowest BCUT2D eigenvalue weighted by Gasteiger charge is -2.33. The van der Waals surface area contributed by atoms with Crippen molar-refractivity contribution in [1.29, 1.82) is 5.26 Å². The van der Waals surface area contributed by atoms with Gasteiger partial charge in [0.25, 0.3) is 0 Å². The molecule has 2 unspecified atom stereocenters. The lowest BCUT2D eigenvalue weighted by Crippen LogP contribution is -2.51. The topological polar surface area (TPSA) is 274 Å². The van der Waals surface area contributed by atoms with Crippen molar-refractivity contribution in [2.24, 2.45) is 0 Å². The van der Waals surface area contributed by atoms with Gasteiger partial charge in [-0.1, -0.05) is 11.6 Å². The fourth-order valence-electron chi connectivity index (χ4n) is 1.88. The molecule has 21 heteroatoms. The second kappa shape index (κ2) is 10.2. The molecule has 0 aliphatic rings. The number of nitrogens with zero attached hydrogens (tertiary/aromatic N) is 3. The van der Waals surface area contributed by atoms with E-state index in [1.165, 1.54) is 6.07 Å². The van der Waals surface area contributed by atoms with Gasteiger partial charge in [0.2, 0.25) is 5.60 Å². The zero-order chi connectivity index (χ0) is 24.3. The van der Waals surface area contributed by atoms with Crippen LogP contribution in [0.3, 0.4) is 0 Å². The summed E-state index contributed by atoms with van der Waals surface area (Å²) in [6.45, 7) is -1.36. The maximum atomic E-state index is 11.9. The van der Waals surface area contributed by atoms with Crippen molar-refractivity contribution in [1.82, 2.24) is 9.55 Å². The lowest BCUT2D eigenvalue weighted by atomic mass is 9.99. The summed E-state index contributed by atoms with van der Waals surface area (Å²) in [5.74, 6) is -0.175. The number of hydrogen-bond donors (Lipinski definition) is 6. The Labute approximate surface area is 178 Å². The molecule has 0 aliphatic heterocycles. The van der Waals surface area contributed by atoms with Crippen LogP contribution in [-0.4, -0.2) is 59.7 Å². The molecule has 0 bridgehead atoms. The molecule has 0 fully saturated rings. The molecule has 0 saturated carbocycles. The molecule has 0 amide bonds. The number of anilines is 1. The lowest BCUT2D eigenvalue weighted by molar-refractivity contribution is -0.0971. The van der Waals surface area contributed by atoms with Crippen LogP contribution >= 0.6 is 35.1 Å². The van der Waals surface area contributed by atoms with Gasteiger partial charge in [-0.25, -0.2) is 18.5 Å². The number of nitrogens with two attached hydrogens (primary N) is 1. The predicted molar refractivity (Wildman–Crippen MR) is 99.0 cm³/mol. The van der Waals surface area contributed by atoms with Crippen molar-refractivity contribution in [2.75, 3.05) is 19.5 Å². The number of hydrogen-bond acceptors (Lipinski definition) is 12. The molecule has 1 aromatic heterocycles. The van der Waals surface area contributed by atoms with Gasteiger partial charge in [0.1, 0.15) is 30.1 Å². The fraction of sp³-hybridized carbons (Fsp3) is 0.500. The first-order valence-electron chi connectivity index (χ1n) is 7.39. The van der Waals surface area contributed by atoms with Crippen LogP contribution in [0.5, 0.6) is 0 Å². The first kappa shape index (κ1) is 27.8. The van der Waals surface area contributed by atoms with Crippen molar-refractivity contribution in [3.63, 3.8) is 0 Å². The van der Waals surface area contributed by atoms with Crippen molar-refractivity contribution in [3.8, 4) is 6.07 Å². The SMILES string of the molecule is CO[C@](C#N)(COP(=O)(O)OP(=O)(O)OP(=O)(O)O)[C@@H](O)[C@@H](Cl)n1ccc(N)nc1=O. The van der Waals surface area contributed by atoms with Crippen LogP contribution in [0.1, 0.15) is 5.50 Å². The molecule has 31 heavy (non-hydrogen) atoms. The molecular formula is C10H16ClN4O13P3. The van der Waals surface area contributed by atoms with Gasteiger partial charge in [0.15, 0.2) is 0 Å². The van der Waals surface area contributed by atoms with E-state index >= 15 is 0 Å². The smallest absolute Gasteiger partial charge is 0.385 e. The third kappa shape index (κ3) is 8.01. The van der Waals surface area contributed by atoms with Crippen molar-refractivity contribution in [3.05, 3.63) is 22.7 Å². The van der Waals surface area contributed by atoms with Gasteiger partial charge in [-0.2, -0.15) is 18.9 Å². The van der Waals surface area contributed by atoms with Gasteiger partial charge in [0, 0.05) is 13.3 Å². The molecule has 7 N–H and O–H groups in total. The number of phosphoric ester groups is 1. The number of phosphoric acid groups is 3. The third-order valence-electron chi connectivity index (χ3n) is 3.27. The predicted octanol–water partition coefficient (Wildman–Crippen LogP) is -0.824. The van der Waals surface area contributed by atoms with E-state index in [-0.39, 0.29) is 5.82 Å². The van der Waals surface area contributed by atoms with Crippen LogP contribution in [0.25, 0.3) is 0 Å². The van der Waals surface area contributed by atoms with Crippen LogP contribution in [0.2, 0.25) is 0 Å². The summed E-state index contributed by atoms with van der Waals surface area (Å²) < 4.78 is 50.6. The number of nitrogen functional groups attached to an aromatic ring is 1. The largest absolute Gasteiger partial charge is 0.490 e. The molecule has 1 rings (SSSR count). The summed E-state index contributed by atoms with van der Waals surface area (Å²) in [7, 11) is -16.2. The van der Waals surface area contributed by atoms with Crippen molar-refractivity contribution >= 4 is 40.9 Å². The second-order valence-corrected chi connectivity index (χ2v) is 10.3. The molecule has 0 spiro atoms. The number of ether oxygens (including phenoxy) is 1. The van der Waals surface area contributed by atoms with Crippen LogP contribution in [0.15, 0.2) is 17.1 Å². The summed E-state index contributed by atoms with van der Waals surface area (Å²) in [6, 6.07) is 2.54. The molecule has 0 aromatic carbocycles. The standard InChI is InChI=1S/C10H16ClN4O13P3/c1-25-10(4-12,7(16)8(11)15-3-2-6(13)14-9(15)17)5-26-30(21,22)28-31(23,24)27-29(18,19)20/h2-3,7-8,16H,5H2,1H3,(H,21,22)(H,23,24)(H2,13,14,17)(H2,18,19,20)/t7-,8-,10+/m0/s1. The Balaban J connectivity index is 3.08. The Hall–Kier alpha value is -1.21. The zero-order valence-electron chi connectivity index (χ0n) is 15.2. The number of methoxy groups -OCH3 is 1. The van der Waals surface area contributed by atoms with E-state index in [2.05, 4.69) is 18.1 Å². The van der Waals surface area contributed by atoms with Gasteiger partial charge in [-0.15, -0.1) is 0 Å². The first-order valence-corrected chi connectivity index (χ1v) is 12.3. The number of aliphatic hydroxyl groups excluding tert-OH is 1. The Kier molecular flexibility index (Phi) is 9.12. The summed E-state index contributed by atoms with van der Waals surface area (Å²) in [5.41, 5.74) is -0.0390. The minimum absolute atomic E-state index is 0.175. The van der Waals surface area contributed by atoms with Gasteiger partial charge < -0.3 is 35.2 Å². The van der Waals surface area contributed by atoms with Gasteiger partial charge >= 0.3 is 29.2 Å². The average molecular weight is 529 g/mol. The minimum atomic E-state index is -5.82. The Bertz CT molecular complexity index is 1040. The van der Waals surface area contributed by atoms with E-state index in [0.717, 1.165) is 19.4 Å². The number of alkyl halides is 1. The first-order chi connectivity index (χ1) is 14.0. The Morgan fingerprint density at radius 3 is 2.32 bits per heavy atom. The Morgan fingerprint density at radius 2 is 1.87 bits per heavy atom. The highest BCUT2D eigenvalue weighted by molar-refractivity contribution is 7.66. The van der Waals surface area contributed by atoms with Gasteiger partial charge in [-0.05, 0) is 6.07 Å². The molecule has 5 atom stereocenters. The summed E-state index contributed by atoms with van der Waals surface area (Å²) in [6.07, 6.45) is -1.13. The summed E-state index contributed by atoms with van der Waals surface area (Å²) in [5, 5.41) is 19.8. The summed E-state index contributed by atoms with van der Waals surface area (Å²) in [4.78, 5) is 50.8. The Morgan fingerprint density at radius 1 is 1.29 bits per heavy atom. The van der Waals surface area contributed by atoms with E-state index in [1.807, 2.05) is 0 Å². The number of aliphatic hydroxyl groups is 1. The van der Waals surface area contributed by atoms with Gasteiger partial charge in [0.05, 0.1) is 0 Å². The quantitative estimate of drug-likeness (QED) is 0.151. The monoisotopic (exact) mass is 528 g/mol. The molecular weight excluding hydrogens is 513 g/mol. The number of halogens is 1. The molecule has 1 aromatic rings. The van der Waals surface area contributed by atoms with E-state index < -0.39 is 53.0 Å². The maximum Gasteiger partial charge on any atom is 0.490 e. The molecule has 0 saturated heterocycles. The van der Waals surface area contributed by atoms with Crippen molar-refractivity contribution < 1.29 is 56.3 Å². The fourth-order valence-corrected chi connectivity index (χ4v) is 5.28. The van der Waals surface area contributed by atoms with Crippen LogP contribution in [-0.2, 0) is 31.6 Å². The minimum Gasteiger partial charge on any atom is -0.385 e. The third-order valence-corrected chi connectivity index (χ3v) is 7.50. The van der Waals surface area contributed by atoms with Gasteiger partial charge in [-0.3, -0.25) is 9.09 Å². The number of nitriles is 1. The summed E-state index contributed by atoms with van der Waals surface area (Å²) >= 11 is 5.98. The van der Waals surface area contributed by atoms with Crippen LogP contribution < -0.4 is 11.4 Å². The molecule has 17 nitrogen and oxygen atoms in total. The molecule has 0 aliphatic carbocycles. The highest BCUT2D eigenvalue weighted by Gasteiger charge is 2.48. The van der Waals surface area contributed by atoms with E-state index in [9.17, 15) is 33.8 Å².